The molecule has 3 aromatic heterocycles. The van der Waals surface area contributed by atoms with Crippen LogP contribution in [0.15, 0.2) is 60.0 Å². The molecule has 1 aliphatic rings. The number of aromatic nitrogens is 4. The Labute approximate surface area is 236 Å². The van der Waals surface area contributed by atoms with Crippen molar-refractivity contribution in [3.05, 3.63) is 87.8 Å². The first-order chi connectivity index (χ1) is 19.2. The summed E-state index contributed by atoms with van der Waals surface area (Å²) in [4.78, 5) is 41.3. The van der Waals surface area contributed by atoms with Gasteiger partial charge < -0.3 is 9.64 Å². The Balaban J connectivity index is 1.75. The highest BCUT2D eigenvalue weighted by atomic mass is 35.5. The maximum Gasteiger partial charge on any atom is 0.357 e. The van der Waals surface area contributed by atoms with Crippen molar-refractivity contribution in [2.75, 3.05) is 13.1 Å². The first-order valence-corrected chi connectivity index (χ1v) is 13.5. The highest BCUT2D eigenvalue weighted by Crippen LogP contribution is 2.35. The van der Waals surface area contributed by atoms with E-state index >= 15 is 0 Å². The van der Waals surface area contributed by atoms with Crippen molar-refractivity contribution in [3.8, 4) is 22.8 Å². The molecule has 1 amide bonds. The average molecular weight is 562 g/mol. The van der Waals surface area contributed by atoms with Gasteiger partial charge in [-0.1, -0.05) is 44.2 Å². The van der Waals surface area contributed by atoms with Gasteiger partial charge >= 0.3 is 5.69 Å². The topological polar surface area (TPSA) is 90.2 Å². The quantitative estimate of drug-likeness (QED) is 0.284. The number of pyridine rings is 2. The lowest BCUT2D eigenvalue weighted by molar-refractivity contribution is -0.128. The molecule has 1 aliphatic heterocycles. The van der Waals surface area contributed by atoms with Crippen molar-refractivity contribution < 1.29 is 13.9 Å². The van der Waals surface area contributed by atoms with Gasteiger partial charge in [-0.25, -0.2) is 18.7 Å². The third kappa shape index (κ3) is 5.09. The van der Waals surface area contributed by atoms with E-state index in [-0.39, 0.29) is 39.6 Å². The first-order valence-electron chi connectivity index (χ1n) is 13.1. The molecule has 4 heterocycles. The number of aryl methyl sites for hydroxylation is 1. The summed E-state index contributed by atoms with van der Waals surface area (Å²) in [6.07, 6.45) is 3.96. The SMILES string of the molecule is C=CC(=O)N1CCC[C@H](Oc2nc(=O)n(-c3c(C)ccnc3C(C)C)c3nc(-c4ccccc4F)c(Cl)cc23)C1. The summed E-state index contributed by atoms with van der Waals surface area (Å²) in [6.45, 7) is 10.3. The van der Waals surface area contributed by atoms with Crippen LogP contribution in [0.5, 0.6) is 5.88 Å². The molecule has 0 bridgehead atoms. The van der Waals surface area contributed by atoms with Crippen LogP contribution in [0, 0.1) is 12.7 Å². The number of nitrogens with zero attached hydrogens (tertiary/aromatic N) is 5. The van der Waals surface area contributed by atoms with Gasteiger partial charge in [-0.05, 0) is 61.6 Å². The Kier molecular flexibility index (Phi) is 7.67. The molecule has 1 saturated heterocycles. The van der Waals surface area contributed by atoms with E-state index in [1.165, 1.54) is 16.7 Å². The van der Waals surface area contributed by atoms with Crippen molar-refractivity contribution in [2.45, 2.75) is 45.6 Å². The number of likely N-dealkylation sites (tertiary alicyclic amines) is 1. The van der Waals surface area contributed by atoms with Gasteiger partial charge in [0, 0.05) is 18.3 Å². The number of piperidine rings is 1. The van der Waals surface area contributed by atoms with Crippen LogP contribution in [0.3, 0.4) is 0 Å². The Morgan fingerprint density at radius 3 is 2.75 bits per heavy atom. The molecular weight excluding hydrogens is 533 g/mol. The van der Waals surface area contributed by atoms with Gasteiger partial charge in [0.2, 0.25) is 11.8 Å². The number of fused-ring (bicyclic) bond motifs is 1. The van der Waals surface area contributed by atoms with E-state index < -0.39 is 17.6 Å². The second-order valence-corrected chi connectivity index (χ2v) is 10.5. The van der Waals surface area contributed by atoms with Crippen LogP contribution in [0.25, 0.3) is 28.0 Å². The molecule has 0 unspecified atom stereocenters. The van der Waals surface area contributed by atoms with E-state index in [1.54, 1.807) is 35.4 Å². The lowest BCUT2D eigenvalue weighted by atomic mass is 10.0. The van der Waals surface area contributed by atoms with Gasteiger partial charge in [-0.3, -0.25) is 9.78 Å². The van der Waals surface area contributed by atoms with Crippen LogP contribution in [0.1, 0.15) is 43.9 Å². The molecule has 0 radical (unpaired) electrons. The first kappa shape index (κ1) is 27.5. The van der Waals surface area contributed by atoms with Crippen molar-refractivity contribution in [3.63, 3.8) is 0 Å². The third-order valence-corrected chi connectivity index (χ3v) is 7.27. The number of hydrogen-bond acceptors (Lipinski definition) is 6. The lowest BCUT2D eigenvalue weighted by Gasteiger charge is -2.32. The van der Waals surface area contributed by atoms with Crippen molar-refractivity contribution in [2.24, 2.45) is 0 Å². The predicted molar refractivity (Wildman–Crippen MR) is 153 cm³/mol. The molecule has 40 heavy (non-hydrogen) atoms. The Morgan fingerprint density at radius 2 is 2.02 bits per heavy atom. The minimum atomic E-state index is -0.621. The maximum absolute atomic E-state index is 14.9. The zero-order valence-corrected chi connectivity index (χ0v) is 23.3. The molecular formula is C30H29ClFN5O3. The van der Waals surface area contributed by atoms with Gasteiger partial charge in [0.25, 0.3) is 0 Å². The number of amides is 1. The molecule has 0 saturated carbocycles. The highest BCUT2D eigenvalue weighted by Gasteiger charge is 2.27. The number of carbonyl (C=O) groups excluding carboxylic acids is 1. The molecule has 10 heteroatoms. The van der Waals surface area contributed by atoms with E-state index in [1.807, 2.05) is 26.8 Å². The number of ether oxygens (including phenoxy) is 1. The molecule has 1 atom stereocenters. The number of hydrogen-bond donors (Lipinski definition) is 0. The van der Waals surface area contributed by atoms with Gasteiger partial charge in [0.05, 0.1) is 34.0 Å². The third-order valence-electron chi connectivity index (χ3n) is 6.98. The summed E-state index contributed by atoms with van der Waals surface area (Å²) in [5.74, 6) is -0.641. The van der Waals surface area contributed by atoms with E-state index in [2.05, 4.69) is 16.5 Å². The molecule has 206 valence electrons. The fourth-order valence-corrected chi connectivity index (χ4v) is 5.29. The lowest BCUT2D eigenvalue weighted by Crippen LogP contribution is -2.44. The zero-order chi connectivity index (χ0) is 28.6. The number of halogens is 2. The van der Waals surface area contributed by atoms with Crippen molar-refractivity contribution in [1.29, 1.82) is 0 Å². The van der Waals surface area contributed by atoms with Crippen molar-refractivity contribution in [1.82, 2.24) is 24.4 Å². The fraction of sp³-hybridized carbons (Fsp3) is 0.300. The molecule has 5 rings (SSSR count). The summed E-state index contributed by atoms with van der Waals surface area (Å²) in [6, 6.07) is 9.59. The fourth-order valence-electron chi connectivity index (χ4n) is 5.03. The van der Waals surface area contributed by atoms with Crippen LogP contribution >= 0.6 is 11.6 Å². The molecule has 0 aliphatic carbocycles. The Morgan fingerprint density at radius 1 is 1.25 bits per heavy atom. The molecule has 0 spiro atoms. The molecule has 1 fully saturated rings. The van der Waals surface area contributed by atoms with Gasteiger partial charge in [0.1, 0.15) is 11.9 Å². The second-order valence-electron chi connectivity index (χ2n) is 10.1. The predicted octanol–water partition coefficient (Wildman–Crippen LogP) is 5.62. The van der Waals surface area contributed by atoms with E-state index in [4.69, 9.17) is 21.3 Å². The van der Waals surface area contributed by atoms with Crippen molar-refractivity contribution >= 4 is 28.5 Å². The summed E-state index contributed by atoms with van der Waals surface area (Å²) >= 11 is 6.68. The monoisotopic (exact) mass is 561 g/mol. The molecule has 0 N–H and O–H groups in total. The average Bonchev–Trinajstić information content (AvgIpc) is 2.93. The van der Waals surface area contributed by atoms with Gasteiger partial charge in [0.15, 0.2) is 5.65 Å². The van der Waals surface area contributed by atoms with E-state index in [0.29, 0.717) is 36.3 Å². The summed E-state index contributed by atoms with van der Waals surface area (Å²) < 4.78 is 22.5. The van der Waals surface area contributed by atoms with E-state index in [0.717, 1.165) is 12.0 Å². The van der Waals surface area contributed by atoms with Crippen LogP contribution in [0.4, 0.5) is 4.39 Å². The number of carbonyl (C=O) groups is 1. The van der Waals surface area contributed by atoms with Gasteiger partial charge in [-0.2, -0.15) is 4.98 Å². The minimum absolute atomic E-state index is 0.0123. The summed E-state index contributed by atoms with van der Waals surface area (Å²) in [5, 5.41) is 0.559. The Bertz CT molecular complexity index is 1690. The molecule has 1 aromatic carbocycles. The molecule has 8 nitrogen and oxygen atoms in total. The minimum Gasteiger partial charge on any atom is -0.472 e. The van der Waals surface area contributed by atoms with Crippen LogP contribution in [-0.4, -0.2) is 49.5 Å². The second kappa shape index (κ2) is 11.2. The maximum atomic E-state index is 14.9. The van der Waals surface area contributed by atoms with Crippen LogP contribution in [-0.2, 0) is 4.79 Å². The van der Waals surface area contributed by atoms with Gasteiger partial charge in [-0.15, -0.1) is 0 Å². The number of rotatable bonds is 6. The van der Waals surface area contributed by atoms with E-state index in [9.17, 15) is 14.0 Å². The molecule has 4 aromatic rings. The highest BCUT2D eigenvalue weighted by molar-refractivity contribution is 6.33. The summed E-state index contributed by atoms with van der Waals surface area (Å²) in [5.41, 5.74) is 2.02. The largest absolute Gasteiger partial charge is 0.472 e. The number of benzene rings is 1. The summed E-state index contributed by atoms with van der Waals surface area (Å²) in [7, 11) is 0. The standard InChI is InChI=1S/C30H29ClFN5O3/c1-5-24(38)36-14-8-9-19(16-36)40-29-21-15-22(31)26(20-10-6-7-11-23(20)32)34-28(21)37(30(39)35-29)27-18(4)12-13-33-25(27)17(2)3/h5-7,10-13,15,17,19H,1,8-9,14,16H2,2-4H3/t19-/m0/s1. The normalized spacial score (nSPS) is 15.4. The zero-order valence-electron chi connectivity index (χ0n) is 22.5. The Hall–Kier alpha value is -4.11. The van der Waals surface area contributed by atoms with Crippen LogP contribution < -0.4 is 10.4 Å². The van der Waals surface area contributed by atoms with Crippen LogP contribution in [0.2, 0.25) is 5.02 Å². The smallest absolute Gasteiger partial charge is 0.357 e.